The molecule has 100 valence electrons. The molecule has 5 heteroatoms. The fraction of sp³-hybridized carbons (Fsp3) is 0.462. The lowest BCUT2D eigenvalue weighted by atomic mass is 10.3. The first-order chi connectivity index (χ1) is 8.67. The molecular formula is C13H19BrN2O2. The molecule has 2 N–H and O–H groups in total. The van der Waals surface area contributed by atoms with Crippen LogP contribution in [0.25, 0.3) is 0 Å². The van der Waals surface area contributed by atoms with Crippen LogP contribution in [0, 0.1) is 0 Å². The highest BCUT2D eigenvalue weighted by Crippen LogP contribution is 2.16. The summed E-state index contributed by atoms with van der Waals surface area (Å²) in [4.78, 5) is 13.6. The Morgan fingerprint density at radius 3 is 2.83 bits per heavy atom. The Kier molecular flexibility index (Phi) is 6.75. The molecule has 1 aromatic carbocycles. The molecule has 1 rings (SSSR count). The van der Waals surface area contributed by atoms with Crippen molar-refractivity contribution in [1.29, 1.82) is 0 Å². The minimum Gasteiger partial charge on any atom is -0.395 e. The minimum atomic E-state index is -0.171. The van der Waals surface area contributed by atoms with Gasteiger partial charge in [0.1, 0.15) is 0 Å². The van der Waals surface area contributed by atoms with Crippen LogP contribution in [-0.4, -0.2) is 35.7 Å². The van der Waals surface area contributed by atoms with E-state index in [4.69, 9.17) is 5.11 Å². The zero-order valence-corrected chi connectivity index (χ0v) is 12.1. The van der Waals surface area contributed by atoms with E-state index in [1.807, 2.05) is 24.3 Å². The van der Waals surface area contributed by atoms with Gasteiger partial charge in [0.15, 0.2) is 0 Å². The number of nitrogens with one attached hydrogen (secondary N) is 1. The topological polar surface area (TPSA) is 52.6 Å². The number of rotatable bonds is 6. The highest BCUT2D eigenvalue weighted by molar-refractivity contribution is 9.10. The van der Waals surface area contributed by atoms with Crippen molar-refractivity contribution in [3.8, 4) is 0 Å². The number of amides is 2. The Bertz CT molecular complexity index is 385. The summed E-state index contributed by atoms with van der Waals surface area (Å²) < 4.78 is 0.919. The molecule has 1 aromatic rings. The van der Waals surface area contributed by atoms with Crippen molar-refractivity contribution in [3.05, 3.63) is 28.7 Å². The van der Waals surface area contributed by atoms with Crippen molar-refractivity contribution in [2.75, 3.05) is 25.0 Å². The summed E-state index contributed by atoms with van der Waals surface area (Å²) in [5, 5.41) is 11.8. The van der Waals surface area contributed by atoms with Gasteiger partial charge in [0.25, 0.3) is 0 Å². The predicted octanol–water partition coefficient (Wildman–Crippen LogP) is 3.08. The molecule has 0 spiro atoms. The minimum absolute atomic E-state index is 0.0182. The second-order valence-electron chi connectivity index (χ2n) is 4.00. The summed E-state index contributed by atoms with van der Waals surface area (Å²) in [6, 6.07) is 7.27. The van der Waals surface area contributed by atoms with Crippen LogP contribution in [0.5, 0.6) is 0 Å². The molecule has 0 radical (unpaired) electrons. The van der Waals surface area contributed by atoms with Crippen molar-refractivity contribution in [1.82, 2.24) is 4.90 Å². The summed E-state index contributed by atoms with van der Waals surface area (Å²) in [5.74, 6) is 0. The van der Waals surface area contributed by atoms with Gasteiger partial charge < -0.3 is 15.3 Å². The third-order valence-corrected chi connectivity index (χ3v) is 3.01. The normalized spacial score (nSPS) is 10.2. The number of hydrogen-bond acceptors (Lipinski definition) is 2. The van der Waals surface area contributed by atoms with Crippen LogP contribution in [-0.2, 0) is 0 Å². The number of anilines is 1. The van der Waals surface area contributed by atoms with E-state index in [0.717, 1.165) is 23.0 Å². The molecule has 0 saturated carbocycles. The molecule has 0 aliphatic carbocycles. The lowest BCUT2D eigenvalue weighted by Crippen LogP contribution is -2.37. The van der Waals surface area contributed by atoms with Crippen LogP contribution in [0.4, 0.5) is 10.5 Å². The first kappa shape index (κ1) is 15.0. The van der Waals surface area contributed by atoms with Gasteiger partial charge in [-0.2, -0.15) is 0 Å². The number of carbonyl (C=O) groups is 1. The molecule has 0 fully saturated rings. The van der Waals surface area contributed by atoms with Crippen LogP contribution >= 0.6 is 15.9 Å². The molecule has 0 aliphatic heterocycles. The molecule has 2 amide bonds. The number of unbranched alkanes of at least 4 members (excludes halogenated alkanes) is 1. The number of benzene rings is 1. The maximum atomic E-state index is 12.0. The third-order valence-electron chi connectivity index (χ3n) is 2.51. The smallest absolute Gasteiger partial charge is 0.321 e. The van der Waals surface area contributed by atoms with E-state index in [0.29, 0.717) is 13.1 Å². The number of carbonyl (C=O) groups excluding carboxylic acids is 1. The van der Waals surface area contributed by atoms with Gasteiger partial charge in [-0.25, -0.2) is 4.79 Å². The Labute approximate surface area is 116 Å². The number of hydrogen-bond donors (Lipinski definition) is 2. The van der Waals surface area contributed by atoms with E-state index in [9.17, 15) is 4.79 Å². The van der Waals surface area contributed by atoms with Gasteiger partial charge in [0.2, 0.25) is 0 Å². The van der Waals surface area contributed by atoms with E-state index in [1.165, 1.54) is 0 Å². The van der Waals surface area contributed by atoms with Gasteiger partial charge in [-0.3, -0.25) is 0 Å². The molecule has 0 saturated heterocycles. The van der Waals surface area contributed by atoms with Crippen molar-refractivity contribution < 1.29 is 9.90 Å². The zero-order chi connectivity index (χ0) is 13.4. The van der Waals surface area contributed by atoms with Crippen molar-refractivity contribution in [2.45, 2.75) is 19.8 Å². The van der Waals surface area contributed by atoms with Gasteiger partial charge in [-0.15, -0.1) is 0 Å². The van der Waals surface area contributed by atoms with Crippen LogP contribution in [0.3, 0.4) is 0 Å². The Balaban J connectivity index is 2.60. The summed E-state index contributed by atoms with van der Waals surface area (Å²) in [6.45, 7) is 3.08. The highest BCUT2D eigenvalue weighted by Gasteiger charge is 2.12. The SMILES string of the molecule is CCCCN(CCO)C(=O)Nc1cccc(Br)c1. The lowest BCUT2D eigenvalue weighted by molar-refractivity contribution is 0.187. The highest BCUT2D eigenvalue weighted by atomic mass is 79.9. The third kappa shape index (κ3) is 5.06. The lowest BCUT2D eigenvalue weighted by Gasteiger charge is -2.22. The summed E-state index contributed by atoms with van der Waals surface area (Å²) in [6.07, 6.45) is 1.96. The fourth-order valence-electron chi connectivity index (χ4n) is 1.55. The van der Waals surface area contributed by atoms with Crippen molar-refractivity contribution in [2.24, 2.45) is 0 Å². The number of aliphatic hydroxyl groups is 1. The number of nitrogens with zero attached hydrogens (tertiary/aromatic N) is 1. The van der Waals surface area contributed by atoms with Crippen LogP contribution in [0.1, 0.15) is 19.8 Å². The standard InChI is InChI=1S/C13H19BrN2O2/c1-2-3-7-16(8-9-17)13(18)15-12-6-4-5-11(14)10-12/h4-6,10,17H,2-3,7-9H2,1H3,(H,15,18). The predicted molar refractivity (Wildman–Crippen MR) is 76.7 cm³/mol. The molecule has 18 heavy (non-hydrogen) atoms. The Hall–Kier alpha value is -1.07. The van der Waals surface area contributed by atoms with Crippen molar-refractivity contribution in [3.63, 3.8) is 0 Å². The van der Waals surface area contributed by atoms with E-state index < -0.39 is 0 Å². The molecule has 4 nitrogen and oxygen atoms in total. The van der Waals surface area contributed by atoms with E-state index in [1.54, 1.807) is 4.90 Å². The maximum Gasteiger partial charge on any atom is 0.321 e. The molecule has 0 atom stereocenters. The fourth-order valence-corrected chi connectivity index (χ4v) is 1.95. The quantitative estimate of drug-likeness (QED) is 0.847. The van der Waals surface area contributed by atoms with Gasteiger partial charge in [0, 0.05) is 23.2 Å². The van der Waals surface area contributed by atoms with Gasteiger partial charge in [-0.05, 0) is 24.6 Å². The largest absolute Gasteiger partial charge is 0.395 e. The summed E-state index contributed by atoms with van der Waals surface area (Å²) in [7, 11) is 0. The first-order valence-corrected chi connectivity index (χ1v) is 6.89. The average molecular weight is 315 g/mol. The second kappa shape index (κ2) is 8.11. The van der Waals surface area contributed by atoms with Crippen molar-refractivity contribution >= 4 is 27.6 Å². The molecule has 0 heterocycles. The maximum absolute atomic E-state index is 12.0. The van der Waals surface area contributed by atoms with Crippen LogP contribution in [0.15, 0.2) is 28.7 Å². The van der Waals surface area contributed by atoms with Gasteiger partial charge >= 0.3 is 6.03 Å². The van der Waals surface area contributed by atoms with E-state index in [2.05, 4.69) is 28.2 Å². The van der Waals surface area contributed by atoms with Crippen LogP contribution < -0.4 is 5.32 Å². The molecular weight excluding hydrogens is 296 g/mol. The number of urea groups is 1. The number of aliphatic hydroxyl groups excluding tert-OH is 1. The monoisotopic (exact) mass is 314 g/mol. The van der Waals surface area contributed by atoms with E-state index >= 15 is 0 Å². The van der Waals surface area contributed by atoms with Crippen LogP contribution in [0.2, 0.25) is 0 Å². The Morgan fingerprint density at radius 2 is 2.22 bits per heavy atom. The van der Waals surface area contributed by atoms with Gasteiger partial charge in [0.05, 0.1) is 6.61 Å². The number of halogens is 1. The Morgan fingerprint density at radius 1 is 1.44 bits per heavy atom. The van der Waals surface area contributed by atoms with E-state index in [-0.39, 0.29) is 12.6 Å². The molecule has 0 unspecified atom stereocenters. The first-order valence-electron chi connectivity index (χ1n) is 6.09. The zero-order valence-electron chi connectivity index (χ0n) is 10.5. The molecule has 0 bridgehead atoms. The summed E-state index contributed by atoms with van der Waals surface area (Å²) >= 11 is 3.36. The second-order valence-corrected chi connectivity index (χ2v) is 4.92. The van der Waals surface area contributed by atoms with Gasteiger partial charge in [-0.1, -0.05) is 35.3 Å². The molecule has 0 aliphatic rings. The summed E-state index contributed by atoms with van der Waals surface area (Å²) in [5.41, 5.74) is 0.744. The average Bonchev–Trinajstić information content (AvgIpc) is 2.34. The molecule has 0 aromatic heterocycles.